The molecule has 0 spiro atoms. The minimum atomic E-state index is 0.201. The van der Waals surface area contributed by atoms with Crippen molar-refractivity contribution in [3.05, 3.63) is 23.7 Å². The molecule has 1 aromatic heterocycles. The molecule has 118 valence electrons. The van der Waals surface area contributed by atoms with Gasteiger partial charge in [0.1, 0.15) is 11.5 Å². The number of hydrogen-bond donors (Lipinski definition) is 1. The molecule has 1 N–H and O–H groups in total. The average Bonchev–Trinajstić information content (AvgIpc) is 2.88. The highest BCUT2D eigenvalue weighted by Gasteiger charge is 2.21. The van der Waals surface area contributed by atoms with Crippen LogP contribution in [0.1, 0.15) is 51.1 Å². The summed E-state index contributed by atoms with van der Waals surface area (Å²) in [6.07, 6.45) is 4.12. The number of furan rings is 1. The first-order valence-electron chi connectivity index (χ1n) is 8.11. The Bertz CT molecular complexity index is 447. The first-order valence-corrected chi connectivity index (χ1v) is 8.11. The minimum absolute atomic E-state index is 0.201. The van der Waals surface area contributed by atoms with Gasteiger partial charge in [-0.05, 0) is 71.2 Å². The van der Waals surface area contributed by atoms with E-state index >= 15 is 0 Å². The summed E-state index contributed by atoms with van der Waals surface area (Å²) in [5.74, 6) is 2.66. The molecular weight excluding hydrogens is 264 g/mol. The second kappa shape index (κ2) is 7.64. The maximum absolute atomic E-state index is 12.5. The monoisotopic (exact) mass is 292 g/mol. The number of rotatable bonds is 6. The predicted octanol–water partition coefficient (Wildman–Crippen LogP) is 3.10. The van der Waals surface area contributed by atoms with Crippen molar-refractivity contribution in [2.24, 2.45) is 5.92 Å². The van der Waals surface area contributed by atoms with Crippen molar-refractivity contribution in [1.29, 1.82) is 0 Å². The molecule has 1 amide bonds. The fourth-order valence-corrected chi connectivity index (χ4v) is 2.94. The van der Waals surface area contributed by atoms with Gasteiger partial charge in [0.15, 0.2) is 0 Å². The SMILES string of the molecule is Cc1ccc(CN(C(=O)CCC2CCCNC2)C(C)C)o1. The molecule has 1 atom stereocenters. The van der Waals surface area contributed by atoms with Gasteiger partial charge in [0.05, 0.1) is 6.54 Å². The van der Waals surface area contributed by atoms with Gasteiger partial charge in [0, 0.05) is 12.5 Å². The lowest BCUT2D eigenvalue weighted by Gasteiger charge is -2.28. The van der Waals surface area contributed by atoms with Crippen LogP contribution in [0, 0.1) is 12.8 Å². The number of piperidine rings is 1. The molecule has 4 heteroatoms. The van der Waals surface area contributed by atoms with Gasteiger partial charge in [0.2, 0.25) is 5.91 Å². The smallest absolute Gasteiger partial charge is 0.223 e. The quantitative estimate of drug-likeness (QED) is 0.876. The van der Waals surface area contributed by atoms with Crippen molar-refractivity contribution < 1.29 is 9.21 Å². The lowest BCUT2D eigenvalue weighted by atomic mass is 9.94. The normalized spacial score (nSPS) is 19.0. The summed E-state index contributed by atoms with van der Waals surface area (Å²) < 4.78 is 5.60. The van der Waals surface area contributed by atoms with E-state index in [1.54, 1.807) is 0 Å². The Kier molecular flexibility index (Phi) is 5.85. The van der Waals surface area contributed by atoms with Crippen molar-refractivity contribution in [1.82, 2.24) is 10.2 Å². The van der Waals surface area contributed by atoms with Crippen molar-refractivity contribution in [2.75, 3.05) is 13.1 Å². The van der Waals surface area contributed by atoms with Crippen molar-refractivity contribution in [3.8, 4) is 0 Å². The molecule has 0 saturated carbocycles. The molecular formula is C17H28N2O2. The number of hydrogen-bond acceptors (Lipinski definition) is 3. The van der Waals surface area contributed by atoms with Crippen LogP contribution in [0.2, 0.25) is 0 Å². The first-order chi connectivity index (χ1) is 10.1. The number of carbonyl (C=O) groups excluding carboxylic acids is 1. The van der Waals surface area contributed by atoms with Crippen LogP contribution < -0.4 is 5.32 Å². The van der Waals surface area contributed by atoms with Gasteiger partial charge in [-0.1, -0.05) is 0 Å². The highest BCUT2D eigenvalue weighted by Crippen LogP contribution is 2.19. The van der Waals surface area contributed by atoms with Gasteiger partial charge in [-0.15, -0.1) is 0 Å². The van der Waals surface area contributed by atoms with Crippen LogP contribution >= 0.6 is 0 Å². The highest BCUT2D eigenvalue weighted by atomic mass is 16.3. The van der Waals surface area contributed by atoms with E-state index in [1.807, 2.05) is 24.0 Å². The molecule has 21 heavy (non-hydrogen) atoms. The second-order valence-corrected chi connectivity index (χ2v) is 6.38. The van der Waals surface area contributed by atoms with E-state index in [-0.39, 0.29) is 11.9 Å². The van der Waals surface area contributed by atoms with Crippen LogP contribution in [-0.2, 0) is 11.3 Å². The highest BCUT2D eigenvalue weighted by molar-refractivity contribution is 5.76. The fraction of sp³-hybridized carbons (Fsp3) is 0.706. The molecule has 1 aliphatic rings. The zero-order chi connectivity index (χ0) is 15.2. The van der Waals surface area contributed by atoms with E-state index in [0.29, 0.717) is 18.9 Å². The molecule has 4 nitrogen and oxygen atoms in total. The predicted molar refractivity (Wildman–Crippen MR) is 84.0 cm³/mol. The zero-order valence-electron chi connectivity index (χ0n) is 13.5. The van der Waals surface area contributed by atoms with E-state index < -0.39 is 0 Å². The number of nitrogens with one attached hydrogen (secondary N) is 1. The molecule has 0 radical (unpaired) electrons. The Morgan fingerprint density at radius 1 is 1.48 bits per heavy atom. The molecule has 1 aromatic rings. The Morgan fingerprint density at radius 3 is 2.86 bits per heavy atom. The number of amides is 1. The molecule has 2 rings (SSSR count). The van der Waals surface area contributed by atoms with Gasteiger partial charge < -0.3 is 14.6 Å². The molecule has 1 aliphatic heterocycles. The summed E-state index contributed by atoms with van der Waals surface area (Å²) in [5, 5.41) is 3.41. The summed E-state index contributed by atoms with van der Waals surface area (Å²) in [7, 11) is 0. The molecule has 1 saturated heterocycles. The van der Waals surface area contributed by atoms with Crippen LogP contribution in [0.15, 0.2) is 16.5 Å². The summed E-state index contributed by atoms with van der Waals surface area (Å²) in [6, 6.07) is 4.11. The Labute approximate surface area is 127 Å². The van der Waals surface area contributed by atoms with E-state index in [2.05, 4.69) is 19.2 Å². The van der Waals surface area contributed by atoms with Crippen LogP contribution in [0.4, 0.5) is 0 Å². The third-order valence-corrected chi connectivity index (χ3v) is 4.23. The molecule has 0 aliphatic carbocycles. The van der Waals surface area contributed by atoms with Crippen molar-refractivity contribution >= 4 is 5.91 Å². The van der Waals surface area contributed by atoms with Gasteiger partial charge in [0.25, 0.3) is 0 Å². The molecule has 2 heterocycles. The van der Waals surface area contributed by atoms with Crippen molar-refractivity contribution in [3.63, 3.8) is 0 Å². The third kappa shape index (κ3) is 4.88. The van der Waals surface area contributed by atoms with Gasteiger partial charge in [-0.3, -0.25) is 4.79 Å². The lowest BCUT2D eigenvalue weighted by Crippen LogP contribution is -2.37. The summed E-state index contributed by atoms with van der Waals surface area (Å²) in [5.41, 5.74) is 0. The average molecular weight is 292 g/mol. The van der Waals surface area contributed by atoms with E-state index in [1.165, 1.54) is 12.8 Å². The van der Waals surface area contributed by atoms with Crippen molar-refractivity contribution in [2.45, 2.75) is 59.0 Å². The zero-order valence-corrected chi connectivity index (χ0v) is 13.5. The maximum atomic E-state index is 12.5. The number of nitrogens with zero attached hydrogens (tertiary/aromatic N) is 1. The first kappa shape index (κ1) is 16.1. The fourth-order valence-electron chi connectivity index (χ4n) is 2.94. The number of carbonyl (C=O) groups is 1. The van der Waals surface area contributed by atoms with Crippen LogP contribution in [0.25, 0.3) is 0 Å². The molecule has 0 aromatic carbocycles. The topological polar surface area (TPSA) is 45.5 Å². The van der Waals surface area contributed by atoms with Crippen LogP contribution in [-0.4, -0.2) is 29.9 Å². The van der Waals surface area contributed by atoms with Crippen LogP contribution in [0.3, 0.4) is 0 Å². The Morgan fingerprint density at radius 2 is 2.29 bits per heavy atom. The summed E-state index contributed by atoms with van der Waals surface area (Å²) >= 11 is 0. The van der Waals surface area contributed by atoms with E-state index in [0.717, 1.165) is 31.0 Å². The number of aryl methyl sites for hydroxylation is 1. The summed E-state index contributed by atoms with van der Waals surface area (Å²) in [6.45, 7) is 8.83. The third-order valence-electron chi connectivity index (χ3n) is 4.23. The van der Waals surface area contributed by atoms with Crippen LogP contribution in [0.5, 0.6) is 0 Å². The maximum Gasteiger partial charge on any atom is 0.223 e. The minimum Gasteiger partial charge on any atom is -0.464 e. The van der Waals surface area contributed by atoms with Gasteiger partial charge in [-0.25, -0.2) is 0 Å². The molecule has 0 bridgehead atoms. The van der Waals surface area contributed by atoms with E-state index in [9.17, 15) is 4.79 Å². The Balaban J connectivity index is 1.86. The lowest BCUT2D eigenvalue weighted by molar-refractivity contribution is -0.134. The van der Waals surface area contributed by atoms with Gasteiger partial charge >= 0.3 is 0 Å². The van der Waals surface area contributed by atoms with Gasteiger partial charge in [-0.2, -0.15) is 0 Å². The largest absolute Gasteiger partial charge is 0.464 e. The second-order valence-electron chi connectivity index (χ2n) is 6.38. The molecule has 1 fully saturated rings. The Hall–Kier alpha value is -1.29. The molecule has 1 unspecified atom stereocenters. The van der Waals surface area contributed by atoms with E-state index in [4.69, 9.17) is 4.42 Å². The summed E-state index contributed by atoms with van der Waals surface area (Å²) in [4.78, 5) is 14.4. The standard InChI is InChI=1S/C17H28N2O2/c1-13(2)19(12-16-8-6-14(3)21-16)17(20)9-7-15-5-4-10-18-11-15/h6,8,13,15,18H,4-5,7,9-12H2,1-3H3.